The molecule has 0 spiro atoms. The smallest absolute Gasteiger partial charge is 0.324 e. The van der Waals surface area contributed by atoms with Crippen LogP contribution in [0.3, 0.4) is 0 Å². The second-order valence-electron chi connectivity index (χ2n) is 5.60. The lowest BCUT2D eigenvalue weighted by Crippen LogP contribution is -2.52. The zero-order valence-corrected chi connectivity index (χ0v) is 11.3. The van der Waals surface area contributed by atoms with Gasteiger partial charge in [0.15, 0.2) is 0 Å². The molecule has 102 valence electrons. The summed E-state index contributed by atoms with van der Waals surface area (Å²) in [6, 6.07) is 0.181. The molecule has 0 aromatic heterocycles. The Balaban J connectivity index is 1.90. The van der Waals surface area contributed by atoms with E-state index in [2.05, 4.69) is 22.5 Å². The van der Waals surface area contributed by atoms with Gasteiger partial charge in [-0.15, -0.1) is 0 Å². The number of amides is 3. The zero-order chi connectivity index (χ0) is 13.3. The van der Waals surface area contributed by atoms with Crippen molar-refractivity contribution in [3.8, 4) is 0 Å². The Labute approximate surface area is 108 Å². The molecule has 1 unspecified atom stereocenters. The van der Waals surface area contributed by atoms with Crippen LogP contribution in [-0.2, 0) is 4.79 Å². The van der Waals surface area contributed by atoms with Gasteiger partial charge in [0.25, 0.3) is 5.91 Å². The maximum atomic E-state index is 12.0. The first kappa shape index (κ1) is 13.3. The summed E-state index contributed by atoms with van der Waals surface area (Å²) in [7, 11) is 0. The Morgan fingerprint density at radius 3 is 2.61 bits per heavy atom. The minimum atomic E-state index is -0.758. The van der Waals surface area contributed by atoms with Crippen molar-refractivity contribution < 1.29 is 9.59 Å². The van der Waals surface area contributed by atoms with Crippen molar-refractivity contribution in [3.63, 3.8) is 0 Å². The predicted molar refractivity (Wildman–Crippen MR) is 68.2 cm³/mol. The summed E-state index contributed by atoms with van der Waals surface area (Å²) < 4.78 is 0. The highest BCUT2D eigenvalue weighted by atomic mass is 16.2. The molecule has 18 heavy (non-hydrogen) atoms. The summed E-state index contributed by atoms with van der Waals surface area (Å²) in [5.41, 5.74) is -0.758. The molecule has 0 aromatic rings. The minimum absolute atomic E-state index is 0.129. The lowest BCUT2D eigenvalue weighted by atomic mass is 10.1. The van der Waals surface area contributed by atoms with Crippen molar-refractivity contribution in [3.05, 3.63) is 0 Å². The van der Waals surface area contributed by atoms with E-state index in [4.69, 9.17) is 0 Å². The second kappa shape index (κ2) is 4.85. The quantitative estimate of drug-likeness (QED) is 0.673. The van der Waals surface area contributed by atoms with Crippen molar-refractivity contribution in [2.75, 3.05) is 32.7 Å². The molecule has 2 N–H and O–H groups in total. The largest absolute Gasteiger partial charge is 0.325 e. The lowest BCUT2D eigenvalue weighted by molar-refractivity contribution is -0.130. The van der Waals surface area contributed by atoms with Crippen LogP contribution in [0.4, 0.5) is 4.79 Å². The molecule has 0 saturated carbocycles. The fourth-order valence-corrected chi connectivity index (χ4v) is 2.46. The van der Waals surface area contributed by atoms with Crippen molar-refractivity contribution in [2.24, 2.45) is 0 Å². The van der Waals surface area contributed by atoms with Gasteiger partial charge in [0.05, 0.1) is 0 Å². The Morgan fingerprint density at radius 1 is 1.33 bits per heavy atom. The highest BCUT2D eigenvalue weighted by Crippen LogP contribution is 2.16. The number of rotatable bonds is 3. The van der Waals surface area contributed by atoms with Gasteiger partial charge in [-0.1, -0.05) is 0 Å². The average Bonchev–Trinajstić information content (AvgIpc) is 2.49. The Kier molecular flexibility index (Phi) is 3.59. The van der Waals surface area contributed by atoms with Crippen LogP contribution in [-0.4, -0.2) is 66.0 Å². The summed E-state index contributed by atoms with van der Waals surface area (Å²) in [4.78, 5) is 27.4. The molecule has 2 fully saturated rings. The maximum Gasteiger partial charge on any atom is 0.325 e. The highest BCUT2D eigenvalue weighted by Gasteiger charge is 2.44. The number of carbonyl (C=O) groups excluding carboxylic acids is 2. The number of imide groups is 1. The van der Waals surface area contributed by atoms with Crippen LogP contribution in [0.15, 0.2) is 0 Å². The normalized spacial score (nSPS) is 28.6. The molecule has 0 aliphatic carbocycles. The number of urea groups is 1. The van der Waals surface area contributed by atoms with Crippen molar-refractivity contribution in [1.29, 1.82) is 0 Å². The standard InChI is InChI=1S/C12H22N4O2/c1-9-8-13-4-5-15(9)6-7-16-10(17)12(2,3)14-11(16)18/h9,13H,4-8H2,1-3H3,(H,14,18). The number of nitrogens with zero attached hydrogens (tertiary/aromatic N) is 2. The molecule has 2 aliphatic heterocycles. The van der Waals surface area contributed by atoms with Gasteiger partial charge >= 0.3 is 6.03 Å². The van der Waals surface area contributed by atoms with Gasteiger partial charge < -0.3 is 10.6 Å². The highest BCUT2D eigenvalue weighted by molar-refractivity contribution is 6.06. The summed E-state index contributed by atoms with van der Waals surface area (Å²) in [5.74, 6) is -0.129. The van der Waals surface area contributed by atoms with E-state index in [0.717, 1.165) is 26.2 Å². The Morgan fingerprint density at radius 2 is 2.06 bits per heavy atom. The number of hydrogen-bond donors (Lipinski definition) is 2. The number of carbonyl (C=O) groups is 2. The van der Waals surface area contributed by atoms with Crippen molar-refractivity contribution in [1.82, 2.24) is 20.4 Å². The van der Waals surface area contributed by atoms with Gasteiger partial charge in [-0.25, -0.2) is 4.79 Å². The van der Waals surface area contributed by atoms with Crippen molar-refractivity contribution in [2.45, 2.75) is 32.4 Å². The molecule has 2 saturated heterocycles. The van der Waals surface area contributed by atoms with Crippen LogP contribution in [0.5, 0.6) is 0 Å². The summed E-state index contributed by atoms with van der Waals surface area (Å²) >= 11 is 0. The topological polar surface area (TPSA) is 64.7 Å². The van der Waals surface area contributed by atoms with Crippen LogP contribution in [0, 0.1) is 0 Å². The van der Waals surface area contributed by atoms with E-state index in [-0.39, 0.29) is 11.9 Å². The van der Waals surface area contributed by atoms with E-state index in [1.807, 2.05) is 0 Å². The fourth-order valence-electron chi connectivity index (χ4n) is 2.46. The first-order chi connectivity index (χ1) is 8.42. The van der Waals surface area contributed by atoms with Gasteiger partial charge in [-0.2, -0.15) is 0 Å². The summed E-state index contributed by atoms with van der Waals surface area (Å²) in [6.07, 6.45) is 0. The molecule has 6 heteroatoms. The van der Waals surface area contributed by atoms with Gasteiger partial charge in [0.2, 0.25) is 0 Å². The third-order valence-corrected chi connectivity index (χ3v) is 3.69. The first-order valence-electron chi connectivity index (χ1n) is 6.51. The van der Waals surface area contributed by atoms with Gasteiger partial charge in [0, 0.05) is 38.8 Å². The number of nitrogens with one attached hydrogen (secondary N) is 2. The second-order valence-corrected chi connectivity index (χ2v) is 5.60. The monoisotopic (exact) mass is 254 g/mol. The molecule has 2 aliphatic rings. The van der Waals surface area contributed by atoms with Crippen LogP contribution in [0.2, 0.25) is 0 Å². The molecule has 0 radical (unpaired) electrons. The van der Waals surface area contributed by atoms with Gasteiger partial charge in [-0.05, 0) is 20.8 Å². The number of piperazine rings is 1. The molecular weight excluding hydrogens is 232 g/mol. The van der Waals surface area contributed by atoms with E-state index in [1.165, 1.54) is 4.90 Å². The number of hydrogen-bond acceptors (Lipinski definition) is 4. The summed E-state index contributed by atoms with van der Waals surface area (Å²) in [5, 5.41) is 6.02. The van der Waals surface area contributed by atoms with Gasteiger partial charge in [-0.3, -0.25) is 14.6 Å². The Hall–Kier alpha value is -1.14. The maximum absolute atomic E-state index is 12.0. The first-order valence-corrected chi connectivity index (χ1v) is 6.51. The molecule has 3 amide bonds. The zero-order valence-electron chi connectivity index (χ0n) is 11.3. The van der Waals surface area contributed by atoms with Crippen LogP contribution >= 0.6 is 0 Å². The molecule has 6 nitrogen and oxygen atoms in total. The molecular formula is C12H22N4O2. The van der Waals surface area contributed by atoms with E-state index in [0.29, 0.717) is 12.6 Å². The average molecular weight is 254 g/mol. The molecule has 2 heterocycles. The summed E-state index contributed by atoms with van der Waals surface area (Å²) in [6.45, 7) is 9.75. The van der Waals surface area contributed by atoms with Crippen LogP contribution < -0.4 is 10.6 Å². The fraction of sp³-hybridized carbons (Fsp3) is 0.833. The third kappa shape index (κ3) is 2.49. The van der Waals surface area contributed by atoms with Crippen molar-refractivity contribution >= 4 is 11.9 Å². The van der Waals surface area contributed by atoms with E-state index in [9.17, 15) is 9.59 Å². The Bertz CT molecular complexity index is 356. The minimum Gasteiger partial charge on any atom is -0.324 e. The molecule has 1 atom stereocenters. The van der Waals surface area contributed by atoms with E-state index < -0.39 is 5.54 Å². The lowest BCUT2D eigenvalue weighted by Gasteiger charge is -2.34. The molecule has 2 rings (SSSR count). The molecule has 0 bridgehead atoms. The predicted octanol–water partition coefficient (Wildman–Crippen LogP) is -0.389. The van der Waals surface area contributed by atoms with Crippen LogP contribution in [0.1, 0.15) is 20.8 Å². The van der Waals surface area contributed by atoms with Gasteiger partial charge in [0.1, 0.15) is 5.54 Å². The van der Waals surface area contributed by atoms with E-state index in [1.54, 1.807) is 13.8 Å². The van der Waals surface area contributed by atoms with E-state index >= 15 is 0 Å². The third-order valence-electron chi connectivity index (χ3n) is 3.69. The SMILES string of the molecule is CC1CNCCN1CCN1C(=O)NC(C)(C)C1=O. The molecule has 0 aromatic carbocycles. The van der Waals surface area contributed by atoms with Crippen LogP contribution in [0.25, 0.3) is 0 Å².